The lowest BCUT2D eigenvalue weighted by Crippen LogP contribution is -2.19. The fourth-order valence-electron chi connectivity index (χ4n) is 3.57. The standard InChI is InChI=1S/C23H25N7O/c1-29(15-16-6-10-19(31-2)11-7-16)21-13-20(25-14-18-5-3-4-12-24-18)23-27-26-22(17-8-9-17)30(23)28-21/h3-7,10-13,17,25H,8-9,14-15H2,1-2H3. The van der Waals surface area contributed by atoms with E-state index in [0.29, 0.717) is 12.5 Å². The number of methoxy groups -OCH3 is 1. The van der Waals surface area contributed by atoms with Crippen molar-refractivity contribution in [1.29, 1.82) is 0 Å². The Morgan fingerprint density at radius 1 is 1.13 bits per heavy atom. The highest BCUT2D eigenvalue weighted by molar-refractivity contribution is 5.70. The smallest absolute Gasteiger partial charge is 0.201 e. The summed E-state index contributed by atoms with van der Waals surface area (Å²) in [5.41, 5.74) is 3.79. The van der Waals surface area contributed by atoms with Gasteiger partial charge in [-0.1, -0.05) is 18.2 Å². The van der Waals surface area contributed by atoms with Crippen LogP contribution in [0.5, 0.6) is 5.75 Å². The lowest BCUT2D eigenvalue weighted by molar-refractivity contribution is 0.414. The molecule has 1 aliphatic carbocycles. The number of pyridine rings is 1. The Kier molecular flexibility index (Phi) is 5.11. The Bertz CT molecular complexity index is 1170. The summed E-state index contributed by atoms with van der Waals surface area (Å²) in [5, 5.41) is 17.2. The highest BCUT2D eigenvalue weighted by Gasteiger charge is 2.30. The summed E-state index contributed by atoms with van der Waals surface area (Å²) in [4.78, 5) is 6.53. The molecule has 31 heavy (non-hydrogen) atoms. The van der Waals surface area contributed by atoms with Crippen molar-refractivity contribution in [1.82, 2.24) is 24.8 Å². The van der Waals surface area contributed by atoms with Gasteiger partial charge in [-0.05, 0) is 42.7 Å². The Hall–Kier alpha value is -3.68. The molecule has 0 aliphatic heterocycles. The van der Waals surface area contributed by atoms with Gasteiger partial charge in [-0.15, -0.1) is 15.3 Å². The Balaban J connectivity index is 1.45. The number of aromatic nitrogens is 5. The van der Waals surface area contributed by atoms with Crippen molar-refractivity contribution in [3.63, 3.8) is 0 Å². The van der Waals surface area contributed by atoms with Crippen molar-refractivity contribution in [2.75, 3.05) is 24.4 Å². The minimum atomic E-state index is 0.452. The first-order valence-electron chi connectivity index (χ1n) is 10.5. The lowest BCUT2D eigenvalue weighted by Gasteiger charge is -2.20. The quantitative estimate of drug-likeness (QED) is 0.470. The topological polar surface area (TPSA) is 80.5 Å². The van der Waals surface area contributed by atoms with Crippen LogP contribution in [0.3, 0.4) is 0 Å². The van der Waals surface area contributed by atoms with Crippen molar-refractivity contribution >= 4 is 17.2 Å². The minimum Gasteiger partial charge on any atom is -0.497 e. The van der Waals surface area contributed by atoms with Gasteiger partial charge < -0.3 is 15.0 Å². The molecule has 0 unspecified atom stereocenters. The molecule has 1 saturated carbocycles. The van der Waals surface area contributed by atoms with Crippen molar-refractivity contribution in [3.8, 4) is 5.75 Å². The molecule has 0 spiro atoms. The van der Waals surface area contributed by atoms with Gasteiger partial charge in [0.15, 0.2) is 11.6 Å². The first-order chi connectivity index (χ1) is 15.2. The van der Waals surface area contributed by atoms with E-state index in [1.54, 1.807) is 13.3 Å². The molecule has 3 aromatic heterocycles. The van der Waals surface area contributed by atoms with Crippen LogP contribution in [0.4, 0.5) is 11.5 Å². The van der Waals surface area contributed by atoms with Gasteiger partial charge in [0.25, 0.3) is 0 Å². The van der Waals surface area contributed by atoms with E-state index in [-0.39, 0.29) is 0 Å². The van der Waals surface area contributed by atoms with Crippen LogP contribution in [0.15, 0.2) is 54.7 Å². The number of ether oxygens (including phenoxy) is 1. The van der Waals surface area contributed by atoms with Crippen LogP contribution < -0.4 is 15.0 Å². The summed E-state index contributed by atoms with van der Waals surface area (Å²) in [6.07, 6.45) is 4.09. The number of nitrogens with zero attached hydrogens (tertiary/aromatic N) is 6. The summed E-state index contributed by atoms with van der Waals surface area (Å²) in [5.74, 6) is 3.10. The van der Waals surface area contributed by atoms with Gasteiger partial charge in [0.2, 0.25) is 5.65 Å². The molecule has 0 bridgehead atoms. The van der Waals surface area contributed by atoms with Crippen LogP contribution in [-0.4, -0.2) is 39.0 Å². The third-order valence-corrected chi connectivity index (χ3v) is 5.48. The zero-order valence-electron chi connectivity index (χ0n) is 17.7. The molecule has 1 aliphatic rings. The second-order valence-electron chi connectivity index (χ2n) is 7.86. The van der Waals surface area contributed by atoms with Crippen LogP contribution in [0.25, 0.3) is 5.65 Å². The van der Waals surface area contributed by atoms with Gasteiger partial charge in [0, 0.05) is 31.8 Å². The van der Waals surface area contributed by atoms with Crippen molar-refractivity contribution < 1.29 is 4.74 Å². The summed E-state index contributed by atoms with van der Waals surface area (Å²) in [6.45, 7) is 1.33. The summed E-state index contributed by atoms with van der Waals surface area (Å²) < 4.78 is 7.16. The number of hydrogen-bond acceptors (Lipinski definition) is 7. The van der Waals surface area contributed by atoms with E-state index < -0.39 is 0 Å². The maximum atomic E-state index is 5.26. The second-order valence-corrected chi connectivity index (χ2v) is 7.86. The third-order valence-electron chi connectivity index (χ3n) is 5.48. The lowest BCUT2D eigenvalue weighted by atomic mass is 10.2. The monoisotopic (exact) mass is 415 g/mol. The van der Waals surface area contributed by atoms with Crippen LogP contribution in [-0.2, 0) is 13.1 Å². The molecule has 1 N–H and O–H groups in total. The molecule has 0 saturated heterocycles. The van der Waals surface area contributed by atoms with E-state index in [9.17, 15) is 0 Å². The van der Waals surface area contributed by atoms with Crippen LogP contribution in [0, 0.1) is 0 Å². The summed E-state index contributed by atoms with van der Waals surface area (Å²) >= 11 is 0. The van der Waals surface area contributed by atoms with Crippen LogP contribution in [0.2, 0.25) is 0 Å². The highest BCUT2D eigenvalue weighted by atomic mass is 16.5. The van der Waals surface area contributed by atoms with Crippen LogP contribution in [0.1, 0.15) is 35.8 Å². The number of rotatable bonds is 8. The largest absolute Gasteiger partial charge is 0.497 e. The first-order valence-corrected chi connectivity index (χ1v) is 10.5. The summed E-state index contributed by atoms with van der Waals surface area (Å²) in [7, 11) is 3.72. The van der Waals surface area contributed by atoms with Gasteiger partial charge in [-0.3, -0.25) is 4.98 Å². The predicted octanol–water partition coefficient (Wildman–Crippen LogP) is 3.65. The van der Waals surface area contributed by atoms with Crippen molar-refractivity contribution in [3.05, 3.63) is 71.8 Å². The zero-order valence-corrected chi connectivity index (χ0v) is 17.7. The minimum absolute atomic E-state index is 0.452. The van der Waals surface area contributed by atoms with Crippen molar-refractivity contribution in [2.45, 2.75) is 31.8 Å². The maximum absolute atomic E-state index is 5.26. The van der Waals surface area contributed by atoms with E-state index in [0.717, 1.165) is 53.8 Å². The van der Waals surface area contributed by atoms with Gasteiger partial charge in [0.05, 0.1) is 25.0 Å². The molecule has 5 rings (SSSR count). The van der Waals surface area contributed by atoms with Gasteiger partial charge >= 0.3 is 0 Å². The van der Waals surface area contributed by atoms with E-state index in [4.69, 9.17) is 9.84 Å². The fraction of sp³-hybridized carbons (Fsp3) is 0.304. The predicted molar refractivity (Wildman–Crippen MR) is 119 cm³/mol. The Labute approximate surface area is 180 Å². The Morgan fingerprint density at radius 2 is 1.97 bits per heavy atom. The van der Waals surface area contributed by atoms with Crippen LogP contribution >= 0.6 is 0 Å². The molecule has 8 nitrogen and oxygen atoms in total. The number of fused-ring (bicyclic) bond motifs is 1. The van der Waals surface area contributed by atoms with E-state index in [1.807, 2.05) is 48.0 Å². The normalized spacial score (nSPS) is 13.4. The SMILES string of the molecule is COc1ccc(CN(C)c2cc(NCc3ccccn3)c3nnc(C4CC4)n3n2)cc1. The molecule has 1 aromatic carbocycles. The molecular formula is C23H25N7O. The maximum Gasteiger partial charge on any atom is 0.201 e. The zero-order chi connectivity index (χ0) is 21.2. The van der Waals surface area contributed by atoms with Gasteiger partial charge in [0.1, 0.15) is 5.75 Å². The molecule has 158 valence electrons. The van der Waals surface area contributed by atoms with Gasteiger partial charge in [-0.25, -0.2) is 0 Å². The average molecular weight is 416 g/mol. The molecule has 0 atom stereocenters. The second kappa shape index (κ2) is 8.22. The molecule has 0 radical (unpaired) electrons. The fourth-order valence-corrected chi connectivity index (χ4v) is 3.57. The van der Waals surface area contributed by atoms with E-state index in [1.165, 1.54) is 5.56 Å². The number of hydrogen-bond donors (Lipinski definition) is 1. The molecule has 4 aromatic rings. The first kappa shape index (κ1) is 19.3. The van der Waals surface area contributed by atoms with Crippen molar-refractivity contribution in [2.24, 2.45) is 0 Å². The van der Waals surface area contributed by atoms with E-state index >= 15 is 0 Å². The molecule has 0 amide bonds. The average Bonchev–Trinajstić information content (AvgIpc) is 3.57. The third kappa shape index (κ3) is 4.14. The molecule has 8 heteroatoms. The Morgan fingerprint density at radius 3 is 2.68 bits per heavy atom. The summed E-state index contributed by atoms with van der Waals surface area (Å²) in [6, 6.07) is 16.0. The highest BCUT2D eigenvalue weighted by Crippen LogP contribution is 2.39. The molecule has 3 heterocycles. The molecular weight excluding hydrogens is 390 g/mol. The van der Waals surface area contributed by atoms with Gasteiger partial charge in [-0.2, -0.15) is 4.52 Å². The van der Waals surface area contributed by atoms with E-state index in [2.05, 4.69) is 37.5 Å². The number of anilines is 2. The molecule has 1 fully saturated rings. The number of nitrogens with one attached hydrogen (secondary N) is 1. The number of benzene rings is 1.